The van der Waals surface area contributed by atoms with Gasteiger partial charge in [0, 0.05) is 25.3 Å². The van der Waals surface area contributed by atoms with Crippen molar-refractivity contribution in [2.45, 2.75) is 45.3 Å². The van der Waals surface area contributed by atoms with Crippen molar-refractivity contribution >= 4 is 11.8 Å². The lowest BCUT2D eigenvalue weighted by molar-refractivity contribution is -0.146. The minimum Gasteiger partial charge on any atom is -0.447 e. The molecule has 0 atom stereocenters. The summed E-state index contributed by atoms with van der Waals surface area (Å²) in [5.41, 5.74) is 1.57. The number of amides is 1. The number of carbonyl (C=O) groups excluding carboxylic acids is 1. The van der Waals surface area contributed by atoms with Crippen LogP contribution in [0.4, 0.5) is 0 Å². The molecule has 4 heteroatoms. The molecular weight excluding hydrogens is 240 g/mol. The van der Waals surface area contributed by atoms with E-state index in [-0.39, 0.29) is 5.91 Å². The van der Waals surface area contributed by atoms with Gasteiger partial charge in [0.2, 0.25) is 17.5 Å². The topological polar surface area (TPSA) is 41.9 Å². The molecule has 0 bridgehead atoms. The van der Waals surface area contributed by atoms with Crippen molar-refractivity contribution in [1.29, 1.82) is 0 Å². The fourth-order valence-electron chi connectivity index (χ4n) is 2.92. The van der Waals surface area contributed by atoms with Gasteiger partial charge in [-0.3, -0.25) is 4.79 Å². The number of hydrazone groups is 1. The van der Waals surface area contributed by atoms with Crippen LogP contribution in [0.15, 0.2) is 29.4 Å². The monoisotopic (exact) mass is 258 g/mol. The van der Waals surface area contributed by atoms with Crippen molar-refractivity contribution in [2.75, 3.05) is 0 Å². The number of rotatable bonds is 1. The van der Waals surface area contributed by atoms with E-state index in [4.69, 9.17) is 4.74 Å². The Labute approximate surface area is 113 Å². The van der Waals surface area contributed by atoms with E-state index in [0.717, 1.165) is 36.8 Å². The molecule has 19 heavy (non-hydrogen) atoms. The number of ether oxygens (including phenoxy) is 1. The molecular formula is C15H18N2O2. The van der Waals surface area contributed by atoms with Gasteiger partial charge in [-0.2, -0.15) is 5.01 Å². The first-order valence-electron chi connectivity index (χ1n) is 6.76. The normalized spacial score (nSPS) is 20.5. The number of aryl methyl sites for hydroxylation is 1. The minimum atomic E-state index is -0.523. The van der Waals surface area contributed by atoms with Crippen LogP contribution in [0.25, 0.3) is 0 Å². The van der Waals surface area contributed by atoms with Crippen molar-refractivity contribution in [2.24, 2.45) is 5.10 Å². The molecule has 0 radical (unpaired) electrons. The van der Waals surface area contributed by atoms with Gasteiger partial charge in [0.1, 0.15) is 0 Å². The third-order valence-electron chi connectivity index (χ3n) is 3.81. The van der Waals surface area contributed by atoms with E-state index in [1.807, 2.05) is 31.2 Å². The van der Waals surface area contributed by atoms with Crippen molar-refractivity contribution < 1.29 is 9.53 Å². The van der Waals surface area contributed by atoms with Gasteiger partial charge < -0.3 is 4.74 Å². The predicted octanol–water partition coefficient (Wildman–Crippen LogP) is 2.81. The van der Waals surface area contributed by atoms with Gasteiger partial charge in [0.05, 0.1) is 0 Å². The summed E-state index contributed by atoms with van der Waals surface area (Å²) in [6.45, 7) is 3.58. The van der Waals surface area contributed by atoms with E-state index in [2.05, 4.69) is 5.10 Å². The fraction of sp³-hybridized carbons (Fsp3) is 0.467. The summed E-state index contributed by atoms with van der Waals surface area (Å²) in [7, 11) is 0. The Kier molecular flexibility index (Phi) is 2.81. The quantitative estimate of drug-likeness (QED) is 0.777. The molecule has 2 aliphatic rings. The molecule has 1 amide bonds. The van der Waals surface area contributed by atoms with E-state index in [1.54, 1.807) is 6.92 Å². The van der Waals surface area contributed by atoms with Gasteiger partial charge in [-0.1, -0.05) is 17.7 Å². The second kappa shape index (κ2) is 4.37. The number of carbonyl (C=O) groups is 1. The molecule has 1 aliphatic heterocycles. The van der Waals surface area contributed by atoms with Gasteiger partial charge >= 0.3 is 0 Å². The molecule has 0 N–H and O–H groups in total. The first-order chi connectivity index (χ1) is 9.11. The average Bonchev–Trinajstić information content (AvgIpc) is 2.98. The van der Waals surface area contributed by atoms with Gasteiger partial charge in [0.25, 0.3) is 0 Å². The largest absolute Gasteiger partial charge is 0.447 e. The molecule has 0 aromatic heterocycles. The number of benzene rings is 1. The van der Waals surface area contributed by atoms with Gasteiger partial charge in [-0.05, 0) is 31.9 Å². The molecule has 1 fully saturated rings. The Morgan fingerprint density at radius 3 is 2.74 bits per heavy atom. The first kappa shape index (κ1) is 12.2. The fourth-order valence-corrected chi connectivity index (χ4v) is 2.92. The summed E-state index contributed by atoms with van der Waals surface area (Å²) in [6, 6.07) is 8.02. The maximum absolute atomic E-state index is 11.8. The van der Waals surface area contributed by atoms with Gasteiger partial charge in [-0.15, -0.1) is 5.10 Å². The van der Waals surface area contributed by atoms with Gasteiger partial charge in [-0.25, -0.2) is 0 Å². The second-order valence-electron chi connectivity index (χ2n) is 5.36. The lowest BCUT2D eigenvalue weighted by Crippen LogP contribution is -2.44. The summed E-state index contributed by atoms with van der Waals surface area (Å²) in [5, 5.41) is 5.95. The Hall–Kier alpha value is -1.84. The summed E-state index contributed by atoms with van der Waals surface area (Å²) in [5.74, 6) is 0.519. The van der Waals surface area contributed by atoms with Crippen LogP contribution in [0.1, 0.15) is 43.7 Å². The summed E-state index contributed by atoms with van der Waals surface area (Å²) >= 11 is 0. The highest BCUT2D eigenvalue weighted by Gasteiger charge is 2.49. The zero-order valence-electron chi connectivity index (χ0n) is 11.3. The zero-order valence-corrected chi connectivity index (χ0v) is 11.3. The SMILES string of the molecule is CC(=O)N1N=C(c2cccc(C)c2)OC12CCCC2. The number of hydrogen-bond acceptors (Lipinski definition) is 3. The van der Waals surface area contributed by atoms with Crippen LogP contribution in [0.3, 0.4) is 0 Å². The molecule has 1 heterocycles. The van der Waals surface area contributed by atoms with Crippen molar-refractivity contribution in [1.82, 2.24) is 5.01 Å². The molecule has 1 aromatic carbocycles. The first-order valence-corrected chi connectivity index (χ1v) is 6.76. The summed E-state index contributed by atoms with van der Waals surface area (Å²) in [4.78, 5) is 11.8. The maximum atomic E-state index is 11.8. The van der Waals surface area contributed by atoms with Crippen LogP contribution < -0.4 is 0 Å². The molecule has 0 saturated heterocycles. The van der Waals surface area contributed by atoms with Crippen molar-refractivity contribution in [3.05, 3.63) is 35.4 Å². The van der Waals surface area contributed by atoms with Crippen LogP contribution >= 0.6 is 0 Å². The van der Waals surface area contributed by atoms with Crippen LogP contribution in [0.5, 0.6) is 0 Å². The number of hydrogen-bond donors (Lipinski definition) is 0. The highest BCUT2D eigenvalue weighted by atomic mass is 16.6. The molecule has 0 unspecified atom stereocenters. The van der Waals surface area contributed by atoms with E-state index >= 15 is 0 Å². The Balaban J connectivity index is 1.96. The molecule has 1 saturated carbocycles. The third kappa shape index (κ3) is 2.01. The minimum absolute atomic E-state index is 0.0513. The molecule has 1 aromatic rings. The van der Waals surface area contributed by atoms with Gasteiger partial charge in [0.15, 0.2) is 0 Å². The van der Waals surface area contributed by atoms with Crippen LogP contribution in [-0.4, -0.2) is 22.5 Å². The lowest BCUT2D eigenvalue weighted by atomic mass is 10.1. The predicted molar refractivity (Wildman–Crippen MR) is 72.5 cm³/mol. The van der Waals surface area contributed by atoms with Crippen LogP contribution in [0.2, 0.25) is 0 Å². The summed E-state index contributed by atoms with van der Waals surface area (Å²) in [6.07, 6.45) is 3.90. The standard InChI is InChI=1S/C15H18N2O2/c1-11-6-5-7-13(10-11)14-16-17(12(2)18)15(19-14)8-3-4-9-15/h5-7,10H,3-4,8-9H2,1-2H3. The van der Waals surface area contributed by atoms with E-state index in [9.17, 15) is 4.79 Å². The third-order valence-corrected chi connectivity index (χ3v) is 3.81. The molecule has 1 spiro atoms. The summed E-state index contributed by atoms with van der Waals surface area (Å²) < 4.78 is 6.08. The second-order valence-corrected chi connectivity index (χ2v) is 5.36. The Bertz CT molecular complexity index is 545. The molecule has 3 rings (SSSR count). The maximum Gasteiger partial charge on any atom is 0.243 e. The highest BCUT2D eigenvalue weighted by molar-refractivity contribution is 5.96. The molecule has 1 aliphatic carbocycles. The van der Waals surface area contributed by atoms with E-state index in [0.29, 0.717) is 5.90 Å². The number of nitrogens with zero attached hydrogens (tertiary/aromatic N) is 2. The van der Waals surface area contributed by atoms with Crippen LogP contribution in [0, 0.1) is 6.92 Å². The van der Waals surface area contributed by atoms with Crippen molar-refractivity contribution in [3.8, 4) is 0 Å². The lowest BCUT2D eigenvalue weighted by Gasteiger charge is -2.29. The van der Waals surface area contributed by atoms with Crippen LogP contribution in [-0.2, 0) is 9.53 Å². The molecule has 4 nitrogen and oxygen atoms in total. The van der Waals surface area contributed by atoms with E-state index < -0.39 is 5.72 Å². The Morgan fingerprint density at radius 1 is 1.37 bits per heavy atom. The smallest absolute Gasteiger partial charge is 0.243 e. The zero-order chi connectivity index (χ0) is 13.5. The van der Waals surface area contributed by atoms with Crippen molar-refractivity contribution in [3.63, 3.8) is 0 Å². The average molecular weight is 258 g/mol. The Morgan fingerprint density at radius 2 is 2.11 bits per heavy atom. The highest BCUT2D eigenvalue weighted by Crippen LogP contribution is 2.41. The van der Waals surface area contributed by atoms with E-state index in [1.165, 1.54) is 5.01 Å². The molecule has 100 valence electrons.